The first-order valence-electron chi connectivity index (χ1n) is 10.6. The number of hydrogen-bond donors (Lipinski definition) is 2. The lowest BCUT2D eigenvalue weighted by Gasteiger charge is -2.22. The third kappa shape index (κ3) is 6.35. The summed E-state index contributed by atoms with van der Waals surface area (Å²) in [6.45, 7) is 0.468. The number of halogens is 3. The molecule has 3 aromatic carbocycles. The Morgan fingerprint density at radius 1 is 0.909 bits per heavy atom. The topological polar surface area (TPSA) is 50.4 Å². The molecule has 2 N–H and O–H groups in total. The zero-order valence-electron chi connectivity index (χ0n) is 18.5. The summed E-state index contributed by atoms with van der Waals surface area (Å²) >= 11 is 0. The van der Waals surface area contributed by atoms with Crippen LogP contribution in [0.25, 0.3) is 0 Å². The van der Waals surface area contributed by atoms with E-state index in [2.05, 4.69) is 10.6 Å². The molecule has 0 heterocycles. The van der Waals surface area contributed by atoms with Crippen molar-refractivity contribution in [3.8, 4) is 5.75 Å². The molecule has 0 fully saturated rings. The highest BCUT2D eigenvalue weighted by atomic mass is 19.4. The molecule has 3 aromatic rings. The van der Waals surface area contributed by atoms with Crippen molar-refractivity contribution in [1.29, 1.82) is 0 Å². The zero-order chi connectivity index (χ0) is 23.8. The summed E-state index contributed by atoms with van der Waals surface area (Å²) in [4.78, 5) is 12.4. The molecule has 0 bridgehead atoms. The van der Waals surface area contributed by atoms with Gasteiger partial charge in [0, 0.05) is 13.0 Å². The van der Waals surface area contributed by atoms with Gasteiger partial charge in [-0.3, -0.25) is 4.79 Å². The quantitative estimate of drug-likeness (QED) is 0.459. The van der Waals surface area contributed by atoms with E-state index in [1.54, 1.807) is 14.2 Å². The van der Waals surface area contributed by atoms with E-state index in [1.165, 1.54) is 12.1 Å². The van der Waals surface area contributed by atoms with Crippen LogP contribution >= 0.6 is 0 Å². The number of carbonyl (C=O) groups excluding carboxylic acids is 1. The average molecular weight is 457 g/mol. The summed E-state index contributed by atoms with van der Waals surface area (Å²) < 4.78 is 44.5. The van der Waals surface area contributed by atoms with E-state index in [0.717, 1.165) is 28.8 Å². The SMILES string of the molecule is CNC(=O)[C@@H](NCC[C@H](c1ccc(C(F)(F)F)cc1)c1cccc(OC)c1)c1ccccc1. The second-order valence-electron chi connectivity index (χ2n) is 7.65. The van der Waals surface area contributed by atoms with Gasteiger partial charge < -0.3 is 15.4 Å². The van der Waals surface area contributed by atoms with E-state index in [1.807, 2.05) is 54.6 Å². The monoisotopic (exact) mass is 456 g/mol. The van der Waals surface area contributed by atoms with Crippen LogP contribution in [-0.4, -0.2) is 26.6 Å². The lowest BCUT2D eigenvalue weighted by atomic mass is 9.87. The van der Waals surface area contributed by atoms with Crippen molar-refractivity contribution in [3.63, 3.8) is 0 Å². The summed E-state index contributed by atoms with van der Waals surface area (Å²) in [6.07, 6.45) is -3.82. The molecule has 3 rings (SSSR count). The van der Waals surface area contributed by atoms with E-state index < -0.39 is 17.8 Å². The van der Waals surface area contributed by atoms with Crippen LogP contribution in [-0.2, 0) is 11.0 Å². The molecule has 0 spiro atoms. The predicted molar refractivity (Wildman–Crippen MR) is 122 cm³/mol. The molecule has 0 saturated heterocycles. The molecule has 0 aliphatic heterocycles. The number of ether oxygens (including phenoxy) is 1. The fraction of sp³-hybridized carbons (Fsp3) is 0.269. The standard InChI is InChI=1S/C26H27F3N2O2/c1-30-25(32)24(19-7-4-3-5-8-19)31-16-15-23(20-9-6-10-22(17-20)33-2)18-11-13-21(14-12-18)26(27,28)29/h3-14,17,23-24,31H,15-16H2,1-2H3,(H,30,32)/t23-,24+/m1/s1. The summed E-state index contributed by atoms with van der Waals surface area (Å²) in [5, 5.41) is 5.97. The Bertz CT molecular complexity index is 1040. The van der Waals surface area contributed by atoms with Crippen molar-refractivity contribution in [2.75, 3.05) is 20.7 Å². The molecule has 0 unspecified atom stereocenters. The van der Waals surface area contributed by atoms with Crippen LogP contribution in [0.1, 0.15) is 40.6 Å². The first kappa shape index (κ1) is 24.3. The van der Waals surface area contributed by atoms with Crippen molar-refractivity contribution in [2.24, 2.45) is 0 Å². The minimum Gasteiger partial charge on any atom is -0.497 e. The normalized spacial score (nSPS) is 13.2. The summed E-state index contributed by atoms with van der Waals surface area (Å²) in [7, 11) is 3.16. The number of nitrogens with one attached hydrogen (secondary N) is 2. The smallest absolute Gasteiger partial charge is 0.416 e. The van der Waals surface area contributed by atoms with Gasteiger partial charge in [-0.25, -0.2) is 0 Å². The molecular weight excluding hydrogens is 429 g/mol. The van der Waals surface area contributed by atoms with Gasteiger partial charge in [-0.15, -0.1) is 0 Å². The van der Waals surface area contributed by atoms with Crippen molar-refractivity contribution in [3.05, 3.63) is 101 Å². The van der Waals surface area contributed by atoms with Gasteiger partial charge in [0.15, 0.2) is 0 Å². The highest BCUT2D eigenvalue weighted by molar-refractivity contribution is 5.82. The van der Waals surface area contributed by atoms with Crippen molar-refractivity contribution in [2.45, 2.75) is 24.6 Å². The van der Waals surface area contributed by atoms with Gasteiger partial charge in [0.1, 0.15) is 11.8 Å². The number of hydrogen-bond acceptors (Lipinski definition) is 3. The number of rotatable bonds is 9. The fourth-order valence-electron chi connectivity index (χ4n) is 3.81. The summed E-state index contributed by atoms with van der Waals surface area (Å²) in [5.74, 6) is 0.328. The Labute approximate surface area is 191 Å². The van der Waals surface area contributed by atoms with E-state index in [0.29, 0.717) is 18.7 Å². The Balaban J connectivity index is 1.84. The highest BCUT2D eigenvalue weighted by Gasteiger charge is 2.30. The number of alkyl halides is 3. The second-order valence-corrected chi connectivity index (χ2v) is 7.65. The van der Waals surface area contributed by atoms with Crippen molar-refractivity contribution < 1.29 is 22.7 Å². The minimum absolute atomic E-state index is 0.159. The number of carbonyl (C=O) groups is 1. The van der Waals surface area contributed by atoms with E-state index >= 15 is 0 Å². The molecular formula is C26H27F3N2O2. The van der Waals surface area contributed by atoms with Gasteiger partial charge in [-0.05, 0) is 53.9 Å². The van der Waals surface area contributed by atoms with Gasteiger partial charge in [0.05, 0.1) is 12.7 Å². The van der Waals surface area contributed by atoms with Crippen LogP contribution < -0.4 is 15.4 Å². The van der Waals surface area contributed by atoms with Crippen molar-refractivity contribution in [1.82, 2.24) is 10.6 Å². The van der Waals surface area contributed by atoms with Crippen LogP contribution in [0.4, 0.5) is 13.2 Å². The van der Waals surface area contributed by atoms with Gasteiger partial charge in [0.25, 0.3) is 0 Å². The Hall–Kier alpha value is -3.32. The van der Waals surface area contributed by atoms with Gasteiger partial charge in [-0.1, -0.05) is 54.6 Å². The van der Waals surface area contributed by atoms with Gasteiger partial charge >= 0.3 is 6.18 Å². The first-order valence-corrected chi connectivity index (χ1v) is 10.6. The maximum atomic E-state index is 13.0. The van der Waals surface area contributed by atoms with Crippen LogP contribution in [0.2, 0.25) is 0 Å². The minimum atomic E-state index is -4.39. The molecule has 1 amide bonds. The molecule has 174 valence electrons. The lowest BCUT2D eigenvalue weighted by Crippen LogP contribution is -2.36. The van der Waals surface area contributed by atoms with Crippen LogP contribution in [0.15, 0.2) is 78.9 Å². The van der Waals surface area contributed by atoms with Gasteiger partial charge in [0.2, 0.25) is 5.91 Å². The van der Waals surface area contributed by atoms with Crippen molar-refractivity contribution >= 4 is 5.91 Å². The number of methoxy groups -OCH3 is 1. The molecule has 4 nitrogen and oxygen atoms in total. The molecule has 0 aromatic heterocycles. The maximum absolute atomic E-state index is 13.0. The molecule has 0 saturated carbocycles. The highest BCUT2D eigenvalue weighted by Crippen LogP contribution is 2.34. The summed E-state index contributed by atoms with van der Waals surface area (Å²) in [6, 6.07) is 21.6. The average Bonchev–Trinajstić information content (AvgIpc) is 2.84. The number of likely N-dealkylation sites (N-methyl/N-ethyl adjacent to an activating group) is 1. The van der Waals surface area contributed by atoms with Gasteiger partial charge in [-0.2, -0.15) is 13.2 Å². The summed E-state index contributed by atoms with van der Waals surface area (Å²) in [5.41, 5.74) is 1.84. The van der Waals surface area contributed by atoms with Crippen LogP contribution in [0, 0.1) is 0 Å². The Kier molecular flexibility index (Phi) is 8.11. The molecule has 33 heavy (non-hydrogen) atoms. The van der Waals surface area contributed by atoms with E-state index in [-0.39, 0.29) is 11.8 Å². The number of amides is 1. The largest absolute Gasteiger partial charge is 0.497 e. The third-order valence-corrected chi connectivity index (χ3v) is 5.56. The molecule has 7 heteroatoms. The lowest BCUT2D eigenvalue weighted by molar-refractivity contribution is -0.137. The zero-order valence-corrected chi connectivity index (χ0v) is 18.5. The fourth-order valence-corrected chi connectivity index (χ4v) is 3.81. The molecule has 0 aliphatic rings. The predicted octanol–water partition coefficient (Wildman–Crippen LogP) is 5.31. The third-order valence-electron chi connectivity index (χ3n) is 5.56. The second kappa shape index (κ2) is 11.0. The van der Waals surface area contributed by atoms with E-state index in [9.17, 15) is 18.0 Å². The van der Waals surface area contributed by atoms with Crippen LogP contribution in [0.3, 0.4) is 0 Å². The Morgan fingerprint density at radius 2 is 1.58 bits per heavy atom. The first-order chi connectivity index (χ1) is 15.8. The maximum Gasteiger partial charge on any atom is 0.416 e. The number of benzene rings is 3. The Morgan fingerprint density at radius 3 is 2.18 bits per heavy atom. The van der Waals surface area contributed by atoms with E-state index in [4.69, 9.17) is 4.74 Å². The molecule has 0 radical (unpaired) electrons. The molecule has 0 aliphatic carbocycles. The van der Waals surface area contributed by atoms with Crippen LogP contribution in [0.5, 0.6) is 5.75 Å². The molecule has 2 atom stereocenters.